The molecule has 0 bridgehead atoms. The number of hydrogen-bond acceptors (Lipinski definition) is 3. The Hall–Kier alpha value is -0.830. The zero-order valence-corrected chi connectivity index (χ0v) is 12.1. The van der Waals surface area contributed by atoms with Crippen LogP contribution in [0.5, 0.6) is 0 Å². The molecular formula is C15H22ClN3. The van der Waals surface area contributed by atoms with Crippen molar-refractivity contribution >= 4 is 17.4 Å². The first-order chi connectivity index (χ1) is 9.38. The van der Waals surface area contributed by atoms with Crippen LogP contribution in [0.15, 0.2) is 6.33 Å². The molecule has 0 amide bonds. The lowest BCUT2D eigenvalue weighted by atomic mass is 9.95. The second-order valence-corrected chi connectivity index (χ2v) is 6.15. The fourth-order valence-corrected chi connectivity index (χ4v) is 3.89. The molecule has 4 heteroatoms. The van der Waals surface area contributed by atoms with Crippen LogP contribution in [0.3, 0.4) is 0 Å². The van der Waals surface area contributed by atoms with E-state index in [9.17, 15) is 0 Å². The van der Waals surface area contributed by atoms with E-state index in [1.54, 1.807) is 6.33 Å². The second-order valence-electron chi connectivity index (χ2n) is 5.84. The van der Waals surface area contributed by atoms with Crippen molar-refractivity contribution in [1.82, 2.24) is 9.97 Å². The van der Waals surface area contributed by atoms with Crippen molar-refractivity contribution in [2.45, 2.75) is 44.9 Å². The van der Waals surface area contributed by atoms with E-state index >= 15 is 0 Å². The van der Waals surface area contributed by atoms with Gasteiger partial charge in [-0.25, -0.2) is 9.97 Å². The number of alkyl halides is 1. The maximum absolute atomic E-state index is 6.05. The minimum atomic E-state index is 0.687. The molecule has 104 valence electrons. The number of aryl methyl sites for hydroxylation is 1. The summed E-state index contributed by atoms with van der Waals surface area (Å²) in [5.41, 5.74) is 2.61. The first-order valence-electron chi connectivity index (χ1n) is 7.51. The lowest BCUT2D eigenvalue weighted by Gasteiger charge is -2.21. The molecule has 0 radical (unpaired) electrons. The minimum Gasteiger partial charge on any atom is -0.369 e. The van der Waals surface area contributed by atoms with Gasteiger partial charge in [0.15, 0.2) is 0 Å². The molecular weight excluding hydrogens is 258 g/mol. The summed E-state index contributed by atoms with van der Waals surface area (Å²) in [6.07, 6.45) is 10.4. The molecule has 1 heterocycles. The Bertz CT molecular complexity index is 435. The van der Waals surface area contributed by atoms with E-state index < -0.39 is 0 Å². The number of hydrogen-bond donors (Lipinski definition) is 1. The van der Waals surface area contributed by atoms with Crippen molar-refractivity contribution in [1.29, 1.82) is 0 Å². The Morgan fingerprint density at radius 3 is 2.84 bits per heavy atom. The standard InChI is InChI=1S/C15H22ClN3/c16-8-11-4-3-5-12(11)9-17-15-13-6-1-2-7-14(13)18-10-19-15/h10-12H,1-9H2,(H,17,18,19). The molecule has 2 aliphatic rings. The summed E-state index contributed by atoms with van der Waals surface area (Å²) in [6.45, 7) is 1.01. The van der Waals surface area contributed by atoms with E-state index in [-0.39, 0.29) is 0 Å². The van der Waals surface area contributed by atoms with Gasteiger partial charge in [-0.2, -0.15) is 0 Å². The highest BCUT2D eigenvalue weighted by Crippen LogP contribution is 2.33. The van der Waals surface area contributed by atoms with Crippen LogP contribution < -0.4 is 5.32 Å². The summed E-state index contributed by atoms with van der Waals surface area (Å²) >= 11 is 6.05. The fourth-order valence-electron chi connectivity index (χ4n) is 3.49. The molecule has 19 heavy (non-hydrogen) atoms. The molecule has 1 N–H and O–H groups in total. The lowest BCUT2D eigenvalue weighted by Crippen LogP contribution is -2.21. The number of rotatable bonds is 4. The molecule has 2 unspecified atom stereocenters. The van der Waals surface area contributed by atoms with Crippen LogP contribution >= 0.6 is 11.6 Å². The van der Waals surface area contributed by atoms with Crippen LogP contribution in [-0.4, -0.2) is 22.4 Å². The van der Waals surface area contributed by atoms with Gasteiger partial charge in [0.25, 0.3) is 0 Å². The number of halogens is 1. The summed E-state index contributed by atoms with van der Waals surface area (Å²) in [5, 5.41) is 3.57. The molecule has 1 aromatic rings. The number of fused-ring (bicyclic) bond motifs is 1. The minimum absolute atomic E-state index is 0.687. The van der Waals surface area contributed by atoms with Gasteiger partial charge in [0.1, 0.15) is 12.1 Å². The average molecular weight is 280 g/mol. The third-order valence-corrected chi connectivity index (χ3v) is 5.07. The van der Waals surface area contributed by atoms with E-state index in [1.165, 1.54) is 43.4 Å². The Labute approximate surface area is 120 Å². The summed E-state index contributed by atoms with van der Waals surface area (Å²) in [7, 11) is 0. The van der Waals surface area contributed by atoms with Crippen LogP contribution in [0, 0.1) is 11.8 Å². The molecule has 3 rings (SSSR count). The fraction of sp³-hybridized carbons (Fsp3) is 0.733. The van der Waals surface area contributed by atoms with Gasteiger partial charge in [0.2, 0.25) is 0 Å². The van der Waals surface area contributed by atoms with Gasteiger partial charge >= 0.3 is 0 Å². The molecule has 1 fully saturated rings. The van der Waals surface area contributed by atoms with Gasteiger partial charge in [-0.1, -0.05) is 6.42 Å². The molecule has 1 saturated carbocycles. The Kier molecular flexibility index (Phi) is 4.21. The van der Waals surface area contributed by atoms with E-state index in [4.69, 9.17) is 11.6 Å². The maximum atomic E-state index is 6.05. The summed E-state index contributed by atoms with van der Waals surface area (Å²) in [5.74, 6) is 3.28. The van der Waals surface area contributed by atoms with Crippen LogP contribution in [-0.2, 0) is 12.8 Å². The summed E-state index contributed by atoms with van der Waals surface area (Å²) in [4.78, 5) is 8.87. The molecule has 2 atom stereocenters. The topological polar surface area (TPSA) is 37.8 Å². The maximum Gasteiger partial charge on any atom is 0.132 e. The normalized spacial score (nSPS) is 26.2. The molecule has 1 aromatic heterocycles. The number of nitrogens with zero attached hydrogens (tertiary/aromatic N) is 2. The van der Waals surface area contributed by atoms with E-state index in [0.29, 0.717) is 11.8 Å². The van der Waals surface area contributed by atoms with E-state index in [2.05, 4.69) is 15.3 Å². The second kappa shape index (κ2) is 6.08. The van der Waals surface area contributed by atoms with Crippen molar-refractivity contribution in [2.24, 2.45) is 11.8 Å². The van der Waals surface area contributed by atoms with Crippen molar-refractivity contribution in [3.8, 4) is 0 Å². The van der Waals surface area contributed by atoms with Crippen LogP contribution in [0.4, 0.5) is 5.82 Å². The first-order valence-corrected chi connectivity index (χ1v) is 8.04. The van der Waals surface area contributed by atoms with Crippen molar-refractivity contribution in [3.63, 3.8) is 0 Å². The molecule has 0 aliphatic heterocycles. The van der Waals surface area contributed by atoms with Gasteiger partial charge in [0.05, 0.1) is 0 Å². The number of nitrogens with one attached hydrogen (secondary N) is 1. The summed E-state index contributed by atoms with van der Waals surface area (Å²) in [6, 6.07) is 0. The van der Waals surface area contributed by atoms with Gasteiger partial charge < -0.3 is 5.32 Å². The predicted molar refractivity (Wildman–Crippen MR) is 78.7 cm³/mol. The van der Waals surface area contributed by atoms with E-state index in [1.807, 2.05) is 0 Å². The summed E-state index contributed by atoms with van der Waals surface area (Å²) < 4.78 is 0. The molecule has 0 aromatic carbocycles. The van der Waals surface area contributed by atoms with Gasteiger partial charge in [-0.3, -0.25) is 0 Å². The number of aromatic nitrogens is 2. The highest BCUT2D eigenvalue weighted by Gasteiger charge is 2.26. The Balaban J connectivity index is 1.67. The van der Waals surface area contributed by atoms with Gasteiger partial charge in [-0.05, 0) is 50.4 Å². The highest BCUT2D eigenvalue weighted by molar-refractivity contribution is 6.18. The van der Waals surface area contributed by atoms with Crippen LogP contribution in [0.2, 0.25) is 0 Å². The zero-order valence-electron chi connectivity index (χ0n) is 11.4. The SMILES string of the molecule is ClCC1CCCC1CNc1ncnc2c1CCCC2. The average Bonchev–Trinajstić information content (AvgIpc) is 2.92. The zero-order chi connectivity index (χ0) is 13.1. The van der Waals surface area contributed by atoms with Crippen LogP contribution in [0.1, 0.15) is 43.4 Å². The molecule has 2 aliphatic carbocycles. The quantitative estimate of drug-likeness (QED) is 0.858. The monoisotopic (exact) mass is 279 g/mol. The van der Waals surface area contributed by atoms with Crippen LogP contribution in [0.25, 0.3) is 0 Å². The van der Waals surface area contributed by atoms with Crippen molar-refractivity contribution in [2.75, 3.05) is 17.7 Å². The van der Waals surface area contributed by atoms with Gasteiger partial charge in [-0.15, -0.1) is 11.6 Å². The van der Waals surface area contributed by atoms with E-state index in [0.717, 1.165) is 31.1 Å². The first kappa shape index (κ1) is 13.2. The number of anilines is 1. The molecule has 0 spiro atoms. The Morgan fingerprint density at radius 2 is 1.95 bits per heavy atom. The largest absolute Gasteiger partial charge is 0.369 e. The third kappa shape index (κ3) is 2.86. The lowest BCUT2D eigenvalue weighted by molar-refractivity contribution is 0.443. The van der Waals surface area contributed by atoms with Crippen molar-refractivity contribution in [3.05, 3.63) is 17.6 Å². The predicted octanol–water partition coefficient (Wildman–Crippen LogP) is 3.42. The smallest absolute Gasteiger partial charge is 0.132 e. The van der Waals surface area contributed by atoms with Gasteiger partial charge in [0, 0.05) is 23.7 Å². The highest BCUT2D eigenvalue weighted by atomic mass is 35.5. The Morgan fingerprint density at radius 1 is 1.11 bits per heavy atom. The van der Waals surface area contributed by atoms with Crippen molar-refractivity contribution < 1.29 is 0 Å². The molecule has 0 saturated heterocycles. The third-order valence-electron chi connectivity index (χ3n) is 4.67. The molecule has 3 nitrogen and oxygen atoms in total.